The van der Waals surface area contributed by atoms with Gasteiger partial charge in [-0.2, -0.15) is 0 Å². The molecule has 1 atom stereocenters. The third-order valence-corrected chi connectivity index (χ3v) is 4.98. The van der Waals surface area contributed by atoms with Crippen molar-refractivity contribution < 1.29 is 28.2 Å². The van der Waals surface area contributed by atoms with E-state index in [2.05, 4.69) is 0 Å². The third kappa shape index (κ3) is 3.72. The largest absolute Gasteiger partial charge is 0.489 e. The molecule has 1 unspecified atom stereocenters. The molecule has 1 aliphatic heterocycles. The van der Waals surface area contributed by atoms with Gasteiger partial charge in [0.05, 0.1) is 0 Å². The fourth-order valence-corrected chi connectivity index (χ4v) is 3.70. The van der Waals surface area contributed by atoms with Crippen LogP contribution in [0.5, 0.6) is 11.5 Å². The summed E-state index contributed by atoms with van der Waals surface area (Å²) < 4.78 is 39.9. The summed E-state index contributed by atoms with van der Waals surface area (Å²) in [5, 5.41) is 8.77. The number of rotatable bonds is 5. The Morgan fingerprint density at radius 3 is 2.82 bits per heavy atom. The van der Waals surface area contributed by atoms with E-state index in [0.29, 0.717) is 41.0 Å². The lowest BCUT2D eigenvalue weighted by atomic mass is 10.0. The number of fused-ring (bicyclic) bond motifs is 1. The van der Waals surface area contributed by atoms with Crippen LogP contribution in [-0.4, -0.2) is 16.7 Å². The van der Waals surface area contributed by atoms with Crippen LogP contribution in [0.2, 0.25) is 0 Å². The number of benzene rings is 2. The van der Waals surface area contributed by atoms with E-state index >= 15 is 0 Å². The third-order valence-electron chi connectivity index (χ3n) is 4.98. The van der Waals surface area contributed by atoms with Crippen molar-refractivity contribution >= 4 is 5.97 Å². The molecular weight excluding hydrogens is 366 g/mol. The van der Waals surface area contributed by atoms with Gasteiger partial charge in [-0.1, -0.05) is 11.6 Å². The fourth-order valence-electron chi connectivity index (χ4n) is 3.70. The number of halogens is 2. The number of aliphatic carboxylic acids is 1. The van der Waals surface area contributed by atoms with E-state index in [1.165, 1.54) is 18.2 Å². The predicted octanol–water partition coefficient (Wildman–Crippen LogP) is 4.76. The average molecular weight is 386 g/mol. The number of hydrogen-bond acceptors (Lipinski definition) is 3. The highest BCUT2D eigenvalue weighted by molar-refractivity contribution is 5.82. The number of carboxylic acid groups (broad SMARTS) is 1. The molecule has 0 aromatic heterocycles. The standard InChI is InChI=1S/C22H20F2O4/c1-22(2)10-13-5-15(23)6-14(21(13)28-22)11-27-16-3-4-17(19(24)9-16)18-7-12(18)8-20(25)26/h3-6,8-9,18H,7,10-11H2,1-2H3,(H,25,26)/b12-8-. The highest BCUT2D eigenvalue weighted by Crippen LogP contribution is 2.48. The molecule has 2 aromatic carbocycles. The average Bonchev–Trinajstić information content (AvgIpc) is 3.24. The highest BCUT2D eigenvalue weighted by atomic mass is 19.1. The van der Waals surface area contributed by atoms with Gasteiger partial charge in [0.2, 0.25) is 0 Å². The zero-order valence-corrected chi connectivity index (χ0v) is 15.6. The Balaban J connectivity index is 1.49. The SMILES string of the molecule is CC1(C)Cc2cc(F)cc(COc3ccc(C4C/C4=C/C(=O)O)c(F)c3)c2O1. The van der Waals surface area contributed by atoms with E-state index in [-0.39, 0.29) is 18.3 Å². The van der Waals surface area contributed by atoms with Crippen molar-refractivity contribution in [2.45, 2.75) is 44.8 Å². The van der Waals surface area contributed by atoms with Crippen LogP contribution in [0.25, 0.3) is 0 Å². The second kappa shape index (κ2) is 6.62. The number of allylic oxidation sites excluding steroid dienone is 1. The van der Waals surface area contributed by atoms with Crippen molar-refractivity contribution in [2.24, 2.45) is 0 Å². The number of carboxylic acids is 1. The maximum atomic E-state index is 14.4. The topological polar surface area (TPSA) is 55.8 Å². The van der Waals surface area contributed by atoms with Gasteiger partial charge in [0.1, 0.15) is 35.3 Å². The first kappa shape index (κ1) is 18.5. The van der Waals surface area contributed by atoms with Crippen molar-refractivity contribution in [3.05, 3.63) is 70.3 Å². The van der Waals surface area contributed by atoms with Crippen molar-refractivity contribution in [3.63, 3.8) is 0 Å². The summed E-state index contributed by atoms with van der Waals surface area (Å²) in [6.45, 7) is 3.94. The molecule has 0 amide bonds. The van der Waals surface area contributed by atoms with Crippen LogP contribution in [0.4, 0.5) is 8.78 Å². The molecule has 0 bridgehead atoms. The van der Waals surface area contributed by atoms with Crippen molar-refractivity contribution in [3.8, 4) is 11.5 Å². The molecule has 1 aliphatic carbocycles. The Hall–Kier alpha value is -2.89. The summed E-state index contributed by atoms with van der Waals surface area (Å²) >= 11 is 0. The first-order valence-corrected chi connectivity index (χ1v) is 9.08. The van der Waals surface area contributed by atoms with Gasteiger partial charge in [-0.25, -0.2) is 13.6 Å². The van der Waals surface area contributed by atoms with Gasteiger partial charge in [-0.3, -0.25) is 0 Å². The first-order chi connectivity index (χ1) is 13.2. The molecule has 28 heavy (non-hydrogen) atoms. The van der Waals surface area contributed by atoms with Gasteiger partial charge in [-0.15, -0.1) is 0 Å². The molecule has 6 heteroatoms. The Morgan fingerprint density at radius 2 is 2.11 bits per heavy atom. The van der Waals surface area contributed by atoms with E-state index in [4.69, 9.17) is 14.6 Å². The number of carbonyl (C=O) groups is 1. The van der Waals surface area contributed by atoms with Gasteiger partial charge in [0, 0.05) is 35.6 Å². The first-order valence-electron chi connectivity index (χ1n) is 9.08. The molecular formula is C22H20F2O4. The molecule has 1 heterocycles. The van der Waals surface area contributed by atoms with E-state index in [1.807, 2.05) is 13.8 Å². The normalized spacial score (nSPS) is 20.6. The van der Waals surface area contributed by atoms with E-state index in [0.717, 1.165) is 11.6 Å². The molecule has 0 saturated heterocycles. The lowest BCUT2D eigenvalue weighted by Crippen LogP contribution is -2.25. The minimum atomic E-state index is -1.02. The van der Waals surface area contributed by atoms with Crippen LogP contribution in [0.1, 0.15) is 42.9 Å². The summed E-state index contributed by atoms with van der Waals surface area (Å²) in [5.74, 6) is -1.06. The smallest absolute Gasteiger partial charge is 0.328 e. The quantitative estimate of drug-likeness (QED) is 0.753. The molecule has 1 N–H and O–H groups in total. The van der Waals surface area contributed by atoms with E-state index in [9.17, 15) is 13.6 Å². The molecule has 1 saturated carbocycles. The summed E-state index contributed by atoms with van der Waals surface area (Å²) in [5.41, 5.74) is 2.15. The molecule has 4 nitrogen and oxygen atoms in total. The van der Waals surface area contributed by atoms with Crippen LogP contribution in [0.15, 0.2) is 42.0 Å². The lowest BCUT2D eigenvalue weighted by Gasteiger charge is -2.18. The maximum Gasteiger partial charge on any atom is 0.328 e. The van der Waals surface area contributed by atoms with E-state index in [1.54, 1.807) is 12.1 Å². The maximum absolute atomic E-state index is 14.4. The monoisotopic (exact) mass is 386 g/mol. The van der Waals surface area contributed by atoms with Crippen LogP contribution in [0, 0.1) is 11.6 Å². The number of hydrogen-bond donors (Lipinski definition) is 1. The van der Waals surface area contributed by atoms with Gasteiger partial charge in [0.15, 0.2) is 0 Å². The predicted molar refractivity (Wildman–Crippen MR) is 98.6 cm³/mol. The van der Waals surface area contributed by atoms with Crippen LogP contribution in [-0.2, 0) is 17.8 Å². The zero-order valence-electron chi connectivity index (χ0n) is 15.6. The molecule has 0 radical (unpaired) electrons. The summed E-state index contributed by atoms with van der Waals surface area (Å²) in [6, 6.07) is 7.36. The van der Waals surface area contributed by atoms with Gasteiger partial charge in [-0.05, 0) is 44.0 Å². The van der Waals surface area contributed by atoms with Crippen LogP contribution < -0.4 is 9.47 Å². The summed E-state index contributed by atoms with van der Waals surface area (Å²) in [6.07, 6.45) is 2.29. The minimum absolute atomic E-state index is 0.0581. The molecule has 2 aliphatic rings. The second-order valence-corrected chi connectivity index (χ2v) is 7.88. The molecule has 4 rings (SSSR count). The van der Waals surface area contributed by atoms with Crippen molar-refractivity contribution in [1.29, 1.82) is 0 Å². The Labute approximate surface area is 161 Å². The Morgan fingerprint density at radius 1 is 1.32 bits per heavy atom. The Kier molecular flexibility index (Phi) is 4.37. The molecule has 1 fully saturated rings. The number of ether oxygens (including phenoxy) is 2. The van der Waals surface area contributed by atoms with E-state index < -0.39 is 17.4 Å². The van der Waals surface area contributed by atoms with Crippen molar-refractivity contribution in [2.75, 3.05) is 0 Å². The minimum Gasteiger partial charge on any atom is -0.489 e. The zero-order chi connectivity index (χ0) is 20.1. The lowest BCUT2D eigenvalue weighted by molar-refractivity contribution is -0.131. The summed E-state index contributed by atoms with van der Waals surface area (Å²) in [4.78, 5) is 10.7. The molecule has 146 valence electrons. The Bertz CT molecular complexity index is 994. The van der Waals surface area contributed by atoms with Gasteiger partial charge >= 0.3 is 5.97 Å². The van der Waals surface area contributed by atoms with Gasteiger partial charge < -0.3 is 14.6 Å². The van der Waals surface area contributed by atoms with Crippen molar-refractivity contribution in [1.82, 2.24) is 0 Å². The van der Waals surface area contributed by atoms with Crippen LogP contribution in [0.3, 0.4) is 0 Å². The second-order valence-electron chi connectivity index (χ2n) is 7.88. The molecule has 0 spiro atoms. The molecule has 2 aromatic rings. The van der Waals surface area contributed by atoms with Crippen LogP contribution >= 0.6 is 0 Å². The highest BCUT2D eigenvalue weighted by Gasteiger charge is 2.34. The summed E-state index contributed by atoms with van der Waals surface area (Å²) in [7, 11) is 0. The van der Waals surface area contributed by atoms with Gasteiger partial charge in [0.25, 0.3) is 0 Å². The fraction of sp³-hybridized carbons (Fsp3) is 0.318.